The SMILES string of the molecule is CCCCC1(CC)CS(=O)(=O)c2ccc(Br)cc2C(c2cccc(OC)c2)C1O. The largest absolute Gasteiger partial charge is 0.497 e. The molecule has 0 aliphatic carbocycles. The molecule has 3 rings (SSSR count). The Morgan fingerprint density at radius 1 is 1.21 bits per heavy atom. The van der Waals surface area contributed by atoms with Crippen LogP contribution in [0, 0.1) is 5.41 Å². The molecule has 29 heavy (non-hydrogen) atoms. The van der Waals surface area contributed by atoms with Gasteiger partial charge in [0.05, 0.1) is 23.9 Å². The number of ether oxygens (including phenoxy) is 1. The van der Waals surface area contributed by atoms with Crippen molar-refractivity contribution in [3.05, 3.63) is 58.1 Å². The van der Waals surface area contributed by atoms with Crippen LogP contribution in [0.3, 0.4) is 0 Å². The molecule has 2 aromatic carbocycles. The number of sulfone groups is 1. The summed E-state index contributed by atoms with van der Waals surface area (Å²) < 4.78 is 33.1. The van der Waals surface area contributed by atoms with E-state index in [-0.39, 0.29) is 5.75 Å². The summed E-state index contributed by atoms with van der Waals surface area (Å²) in [6.45, 7) is 4.08. The number of aliphatic hydroxyl groups is 1. The topological polar surface area (TPSA) is 63.6 Å². The molecule has 1 aliphatic rings. The quantitative estimate of drug-likeness (QED) is 0.606. The molecule has 0 aromatic heterocycles. The molecule has 1 aliphatic heterocycles. The molecule has 3 atom stereocenters. The molecule has 0 saturated heterocycles. The van der Waals surface area contributed by atoms with Crippen molar-refractivity contribution in [2.24, 2.45) is 5.41 Å². The highest BCUT2D eigenvalue weighted by molar-refractivity contribution is 9.10. The van der Waals surface area contributed by atoms with Crippen LogP contribution in [0.2, 0.25) is 0 Å². The van der Waals surface area contributed by atoms with E-state index < -0.39 is 27.3 Å². The van der Waals surface area contributed by atoms with Crippen LogP contribution in [0.25, 0.3) is 0 Å². The summed E-state index contributed by atoms with van der Waals surface area (Å²) in [6, 6.07) is 12.9. The van der Waals surface area contributed by atoms with Crippen molar-refractivity contribution in [3.63, 3.8) is 0 Å². The van der Waals surface area contributed by atoms with E-state index in [1.165, 1.54) is 0 Å². The Labute approximate surface area is 182 Å². The predicted octanol–water partition coefficient (Wildman–Crippen LogP) is 5.32. The zero-order valence-corrected chi connectivity index (χ0v) is 19.6. The molecule has 0 fully saturated rings. The molecular formula is C23H29BrO4S. The lowest BCUT2D eigenvalue weighted by atomic mass is 9.69. The van der Waals surface area contributed by atoms with Crippen LogP contribution in [0.5, 0.6) is 5.75 Å². The number of aliphatic hydroxyl groups excluding tert-OH is 1. The second-order valence-electron chi connectivity index (χ2n) is 7.96. The third kappa shape index (κ3) is 4.25. The highest BCUT2D eigenvalue weighted by Crippen LogP contribution is 2.49. The summed E-state index contributed by atoms with van der Waals surface area (Å²) in [7, 11) is -1.94. The normalized spacial score (nSPS) is 25.8. The number of rotatable bonds is 6. The van der Waals surface area contributed by atoms with Gasteiger partial charge in [-0.3, -0.25) is 0 Å². The van der Waals surface area contributed by atoms with Gasteiger partial charge in [0.1, 0.15) is 5.75 Å². The second kappa shape index (κ2) is 8.78. The Kier molecular flexibility index (Phi) is 6.76. The van der Waals surface area contributed by atoms with Crippen LogP contribution in [-0.4, -0.2) is 32.5 Å². The Morgan fingerprint density at radius 2 is 1.97 bits per heavy atom. The average molecular weight is 481 g/mol. The van der Waals surface area contributed by atoms with Crippen LogP contribution in [0.1, 0.15) is 56.6 Å². The Bertz CT molecular complexity index is 973. The smallest absolute Gasteiger partial charge is 0.179 e. The Morgan fingerprint density at radius 3 is 2.62 bits per heavy atom. The maximum atomic E-state index is 13.4. The van der Waals surface area contributed by atoms with Crippen molar-refractivity contribution < 1.29 is 18.3 Å². The molecule has 2 aromatic rings. The number of fused-ring (bicyclic) bond motifs is 1. The first-order chi connectivity index (χ1) is 13.8. The minimum absolute atomic E-state index is 0.0350. The summed E-state index contributed by atoms with van der Waals surface area (Å²) in [5.74, 6) is 0.202. The zero-order valence-electron chi connectivity index (χ0n) is 17.2. The van der Waals surface area contributed by atoms with Gasteiger partial charge < -0.3 is 9.84 Å². The molecule has 1 heterocycles. The molecular weight excluding hydrogens is 452 g/mol. The van der Waals surface area contributed by atoms with Crippen LogP contribution in [-0.2, 0) is 9.84 Å². The van der Waals surface area contributed by atoms with Crippen molar-refractivity contribution in [1.82, 2.24) is 0 Å². The maximum Gasteiger partial charge on any atom is 0.179 e. The van der Waals surface area contributed by atoms with E-state index in [0.29, 0.717) is 29.1 Å². The minimum Gasteiger partial charge on any atom is -0.497 e. The zero-order chi connectivity index (χ0) is 21.2. The maximum absolute atomic E-state index is 13.4. The second-order valence-corrected chi connectivity index (χ2v) is 10.8. The number of halogens is 1. The van der Waals surface area contributed by atoms with Crippen LogP contribution < -0.4 is 4.74 Å². The summed E-state index contributed by atoms with van der Waals surface area (Å²) in [5, 5.41) is 11.8. The number of hydrogen-bond donors (Lipinski definition) is 1. The molecule has 158 valence electrons. The van der Waals surface area contributed by atoms with Crippen LogP contribution >= 0.6 is 15.9 Å². The van der Waals surface area contributed by atoms with Gasteiger partial charge in [-0.15, -0.1) is 0 Å². The molecule has 0 bridgehead atoms. The van der Waals surface area contributed by atoms with Gasteiger partial charge in [0.2, 0.25) is 0 Å². The fourth-order valence-corrected chi connectivity index (χ4v) is 7.18. The number of unbranched alkanes of at least 4 members (excludes halogenated alkanes) is 1. The fourth-order valence-electron chi connectivity index (χ4n) is 4.54. The predicted molar refractivity (Wildman–Crippen MR) is 119 cm³/mol. The van der Waals surface area contributed by atoms with Crippen LogP contribution in [0.4, 0.5) is 0 Å². The molecule has 0 amide bonds. The summed E-state index contributed by atoms with van der Waals surface area (Å²) in [5.41, 5.74) is 0.809. The van der Waals surface area contributed by atoms with Gasteiger partial charge in [0.15, 0.2) is 9.84 Å². The number of hydrogen-bond acceptors (Lipinski definition) is 4. The first-order valence-corrected chi connectivity index (χ1v) is 12.6. The summed E-state index contributed by atoms with van der Waals surface area (Å²) in [4.78, 5) is 0.319. The third-order valence-corrected chi connectivity index (χ3v) is 8.74. The van der Waals surface area contributed by atoms with E-state index in [0.717, 1.165) is 22.9 Å². The van der Waals surface area contributed by atoms with Gasteiger partial charge in [-0.1, -0.05) is 54.8 Å². The average Bonchev–Trinajstić information content (AvgIpc) is 2.77. The highest BCUT2D eigenvalue weighted by Gasteiger charge is 2.48. The van der Waals surface area contributed by atoms with E-state index in [4.69, 9.17) is 4.74 Å². The van der Waals surface area contributed by atoms with Crippen molar-refractivity contribution >= 4 is 25.8 Å². The lowest BCUT2D eigenvalue weighted by molar-refractivity contribution is 0.0173. The minimum atomic E-state index is -3.55. The number of methoxy groups -OCH3 is 1. The molecule has 3 unspecified atom stereocenters. The van der Waals surface area contributed by atoms with Crippen molar-refractivity contribution in [2.45, 2.75) is 56.4 Å². The Balaban J connectivity index is 2.30. The molecule has 4 nitrogen and oxygen atoms in total. The highest BCUT2D eigenvalue weighted by atomic mass is 79.9. The van der Waals surface area contributed by atoms with Gasteiger partial charge in [-0.25, -0.2) is 8.42 Å². The summed E-state index contributed by atoms with van der Waals surface area (Å²) in [6.07, 6.45) is 2.29. The fraction of sp³-hybridized carbons (Fsp3) is 0.478. The first-order valence-electron chi connectivity index (χ1n) is 10.1. The van der Waals surface area contributed by atoms with Crippen molar-refractivity contribution in [1.29, 1.82) is 0 Å². The van der Waals surface area contributed by atoms with E-state index >= 15 is 0 Å². The van der Waals surface area contributed by atoms with Gasteiger partial charge in [0, 0.05) is 15.8 Å². The van der Waals surface area contributed by atoms with Crippen molar-refractivity contribution in [3.8, 4) is 5.75 Å². The van der Waals surface area contributed by atoms with E-state index in [9.17, 15) is 13.5 Å². The standard InChI is InChI=1S/C23H29BrO4S/c1-4-6-12-23(5-2)15-29(26,27)20-11-10-17(24)14-19(20)21(22(23)25)16-8-7-9-18(13-16)28-3/h7-11,13-14,21-22,25H,4-6,12,15H2,1-3H3. The lowest BCUT2D eigenvalue weighted by Crippen LogP contribution is -2.42. The monoisotopic (exact) mass is 480 g/mol. The first kappa shape index (κ1) is 22.3. The van der Waals surface area contributed by atoms with Gasteiger partial charge in [0.25, 0.3) is 0 Å². The molecule has 6 heteroatoms. The molecule has 0 saturated carbocycles. The van der Waals surface area contributed by atoms with Gasteiger partial charge in [-0.2, -0.15) is 0 Å². The lowest BCUT2D eigenvalue weighted by Gasteiger charge is -2.39. The van der Waals surface area contributed by atoms with E-state index in [1.807, 2.05) is 37.3 Å². The Hall–Kier alpha value is -1.37. The van der Waals surface area contributed by atoms with Gasteiger partial charge in [-0.05, 0) is 54.3 Å². The third-order valence-electron chi connectivity index (χ3n) is 6.25. The summed E-state index contributed by atoms with van der Waals surface area (Å²) >= 11 is 3.49. The molecule has 1 N–H and O–H groups in total. The van der Waals surface area contributed by atoms with Crippen molar-refractivity contribution in [2.75, 3.05) is 12.9 Å². The van der Waals surface area contributed by atoms with Crippen LogP contribution in [0.15, 0.2) is 51.8 Å². The van der Waals surface area contributed by atoms with E-state index in [1.54, 1.807) is 19.2 Å². The molecule has 0 spiro atoms. The van der Waals surface area contributed by atoms with E-state index in [2.05, 4.69) is 22.9 Å². The van der Waals surface area contributed by atoms with Gasteiger partial charge >= 0.3 is 0 Å². The molecule has 0 radical (unpaired) electrons. The number of benzene rings is 2.